The van der Waals surface area contributed by atoms with Gasteiger partial charge < -0.3 is 15.5 Å². The summed E-state index contributed by atoms with van der Waals surface area (Å²) >= 11 is 11.9. The minimum absolute atomic E-state index is 0. The van der Waals surface area contributed by atoms with Crippen LogP contribution >= 0.6 is 35.6 Å². The average Bonchev–Trinajstić information content (AvgIpc) is 3.07. The normalized spacial score (nSPS) is 23.0. The van der Waals surface area contributed by atoms with Gasteiger partial charge in [0.05, 0.1) is 10.0 Å². The van der Waals surface area contributed by atoms with Gasteiger partial charge in [-0.05, 0) is 50.4 Å². The Bertz CT molecular complexity index is 636. The topological polar surface area (TPSA) is 61.4 Å². The highest BCUT2D eigenvalue weighted by atomic mass is 35.5. The van der Waals surface area contributed by atoms with Crippen molar-refractivity contribution < 1.29 is 9.59 Å². The summed E-state index contributed by atoms with van der Waals surface area (Å²) in [6.45, 7) is 2.37. The fourth-order valence-corrected chi connectivity index (χ4v) is 3.65. The Morgan fingerprint density at radius 1 is 1.16 bits per heavy atom. The monoisotopic (exact) mass is 405 g/mol. The molecule has 0 spiro atoms. The smallest absolute Gasteiger partial charge is 0.254 e. The third-order valence-corrected chi connectivity index (χ3v) is 5.37. The van der Waals surface area contributed by atoms with Crippen LogP contribution in [0.2, 0.25) is 10.0 Å². The SMILES string of the molecule is Cl.O=C(N[C@H]1CCCNC1)C1CCCN1C(=O)c1ccc(Cl)c(Cl)c1. The zero-order chi connectivity index (χ0) is 17.1. The fraction of sp³-hybridized carbons (Fsp3) is 0.529. The molecule has 1 unspecified atom stereocenters. The van der Waals surface area contributed by atoms with Crippen LogP contribution in [-0.2, 0) is 4.79 Å². The Kier molecular flexibility index (Phi) is 7.37. The molecule has 0 aliphatic carbocycles. The van der Waals surface area contributed by atoms with E-state index < -0.39 is 6.04 Å². The number of nitrogens with zero attached hydrogens (tertiary/aromatic N) is 1. The number of likely N-dealkylation sites (tertiary alicyclic amines) is 1. The largest absolute Gasteiger partial charge is 0.350 e. The van der Waals surface area contributed by atoms with Gasteiger partial charge in [-0.2, -0.15) is 0 Å². The van der Waals surface area contributed by atoms with Crippen molar-refractivity contribution in [3.8, 4) is 0 Å². The molecule has 5 nitrogen and oxygen atoms in total. The van der Waals surface area contributed by atoms with E-state index in [-0.39, 0.29) is 30.3 Å². The number of nitrogens with one attached hydrogen (secondary N) is 2. The first-order chi connectivity index (χ1) is 11.6. The Labute approximate surface area is 163 Å². The summed E-state index contributed by atoms with van der Waals surface area (Å²) in [5, 5.41) is 7.11. The van der Waals surface area contributed by atoms with Gasteiger partial charge in [-0.15, -0.1) is 12.4 Å². The molecule has 2 amide bonds. The van der Waals surface area contributed by atoms with Crippen LogP contribution in [0.5, 0.6) is 0 Å². The maximum Gasteiger partial charge on any atom is 0.254 e. The van der Waals surface area contributed by atoms with Crippen LogP contribution in [0.3, 0.4) is 0 Å². The van der Waals surface area contributed by atoms with Gasteiger partial charge in [-0.1, -0.05) is 23.2 Å². The molecule has 0 saturated carbocycles. The molecule has 0 bridgehead atoms. The van der Waals surface area contributed by atoms with Crippen LogP contribution in [0.1, 0.15) is 36.0 Å². The van der Waals surface area contributed by atoms with E-state index >= 15 is 0 Å². The van der Waals surface area contributed by atoms with Crippen molar-refractivity contribution in [2.24, 2.45) is 0 Å². The van der Waals surface area contributed by atoms with Gasteiger partial charge >= 0.3 is 0 Å². The van der Waals surface area contributed by atoms with Gasteiger partial charge in [-0.25, -0.2) is 0 Å². The lowest BCUT2D eigenvalue weighted by molar-refractivity contribution is -0.125. The van der Waals surface area contributed by atoms with E-state index in [4.69, 9.17) is 23.2 Å². The lowest BCUT2D eigenvalue weighted by Gasteiger charge is -2.28. The van der Waals surface area contributed by atoms with Gasteiger partial charge in [0.25, 0.3) is 5.91 Å². The second kappa shape index (κ2) is 9.08. The Balaban J connectivity index is 0.00000225. The van der Waals surface area contributed by atoms with Crippen LogP contribution in [0.25, 0.3) is 0 Å². The summed E-state index contributed by atoms with van der Waals surface area (Å²) in [5.41, 5.74) is 0.462. The van der Waals surface area contributed by atoms with E-state index in [2.05, 4.69) is 10.6 Å². The lowest BCUT2D eigenvalue weighted by atomic mass is 10.1. The first-order valence-electron chi connectivity index (χ1n) is 8.33. The maximum atomic E-state index is 12.7. The van der Waals surface area contributed by atoms with E-state index in [0.717, 1.165) is 32.4 Å². The van der Waals surface area contributed by atoms with Crippen LogP contribution in [0.4, 0.5) is 0 Å². The number of amides is 2. The molecule has 0 aromatic heterocycles. The van der Waals surface area contributed by atoms with E-state index in [1.165, 1.54) is 0 Å². The molecule has 0 radical (unpaired) electrons. The summed E-state index contributed by atoms with van der Waals surface area (Å²) in [5.74, 6) is -0.234. The highest BCUT2D eigenvalue weighted by molar-refractivity contribution is 6.42. The molecule has 3 rings (SSSR count). The first kappa shape index (κ1) is 20.3. The molecule has 25 heavy (non-hydrogen) atoms. The standard InChI is InChI=1S/C17H21Cl2N3O2.ClH/c18-13-6-5-11(9-14(13)19)17(24)22-8-2-4-15(22)16(23)21-12-3-1-7-20-10-12;/h5-6,9,12,15,20H,1-4,7-8,10H2,(H,21,23);1H/t12-,15?;/m0./s1. The van der Waals surface area contributed by atoms with Gasteiger partial charge in [0.1, 0.15) is 6.04 Å². The average molecular weight is 407 g/mol. The van der Waals surface area contributed by atoms with Crippen LogP contribution in [0, 0.1) is 0 Å². The van der Waals surface area contributed by atoms with Crippen molar-refractivity contribution in [3.05, 3.63) is 33.8 Å². The number of benzene rings is 1. The first-order valence-corrected chi connectivity index (χ1v) is 9.09. The summed E-state index contributed by atoms with van der Waals surface area (Å²) in [6, 6.07) is 4.55. The molecule has 2 atom stereocenters. The molecular weight excluding hydrogens is 385 g/mol. The van der Waals surface area contributed by atoms with Crippen LogP contribution in [0.15, 0.2) is 18.2 Å². The summed E-state index contributed by atoms with van der Waals surface area (Å²) in [6.07, 6.45) is 3.56. The molecule has 2 fully saturated rings. The van der Waals surface area contributed by atoms with Crippen molar-refractivity contribution in [1.29, 1.82) is 0 Å². The number of piperidine rings is 1. The second-order valence-electron chi connectivity index (χ2n) is 6.34. The quantitative estimate of drug-likeness (QED) is 0.811. The summed E-state index contributed by atoms with van der Waals surface area (Å²) in [7, 11) is 0. The Morgan fingerprint density at radius 2 is 1.96 bits per heavy atom. The van der Waals surface area contributed by atoms with Crippen molar-refractivity contribution in [1.82, 2.24) is 15.5 Å². The molecule has 2 aliphatic rings. The highest BCUT2D eigenvalue weighted by Gasteiger charge is 2.35. The molecule has 138 valence electrons. The third-order valence-electron chi connectivity index (χ3n) is 4.63. The van der Waals surface area contributed by atoms with Gasteiger partial charge in [0.15, 0.2) is 0 Å². The predicted octanol–water partition coefficient (Wildman–Crippen LogP) is 2.89. The van der Waals surface area contributed by atoms with E-state index in [1.807, 2.05) is 0 Å². The highest BCUT2D eigenvalue weighted by Crippen LogP contribution is 2.26. The Hall–Kier alpha value is -1.01. The number of carbonyl (C=O) groups is 2. The molecule has 2 heterocycles. The number of hydrogen-bond donors (Lipinski definition) is 2. The molecule has 1 aromatic rings. The van der Waals surface area contributed by atoms with Gasteiger partial charge in [-0.3, -0.25) is 9.59 Å². The predicted molar refractivity (Wildman–Crippen MR) is 102 cm³/mol. The molecule has 2 aliphatic heterocycles. The molecule has 8 heteroatoms. The van der Waals surface area contributed by atoms with Crippen molar-refractivity contribution in [3.63, 3.8) is 0 Å². The molecule has 2 saturated heterocycles. The zero-order valence-corrected chi connectivity index (χ0v) is 16.1. The minimum atomic E-state index is -0.408. The fourth-order valence-electron chi connectivity index (χ4n) is 3.35. The van der Waals surface area contributed by atoms with Gasteiger partial charge in [0, 0.05) is 24.7 Å². The number of rotatable bonds is 3. The zero-order valence-electron chi connectivity index (χ0n) is 13.8. The van der Waals surface area contributed by atoms with Crippen molar-refractivity contribution in [2.75, 3.05) is 19.6 Å². The van der Waals surface area contributed by atoms with Crippen molar-refractivity contribution in [2.45, 2.75) is 37.8 Å². The van der Waals surface area contributed by atoms with E-state index in [1.54, 1.807) is 23.1 Å². The van der Waals surface area contributed by atoms with Crippen molar-refractivity contribution >= 4 is 47.4 Å². The Morgan fingerprint density at radius 3 is 2.64 bits per heavy atom. The molecule has 1 aromatic carbocycles. The number of hydrogen-bond acceptors (Lipinski definition) is 3. The lowest BCUT2D eigenvalue weighted by Crippen LogP contribution is -2.52. The summed E-state index contributed by atoms with van der Waals surface area (Å²) < 4.78 is 0. The van der Waals surface area contributed by atoms with Crippen LogP contribution in [-0.4, -0.2) is 48.4 Å². The molecule has 2 N–H and O–H groups in total. The van der Waals surface area contributed by atoms with E-state index in [0.29, 0.717) is 28.6 Å². The maximum absolute atomic E-state index is 12.7. The summed E-state index contributed by atoms with van der Waals surface area (Å²) in [4.78, 5) is 27.0. The number of halogens is 3. The second-order valence-corrected chi connectivity index (χ2v) is 7.15. The molecular formula is C17H22Cl3N3O2. The van der Waals surface area contributed by atoms with E-state index in [9.17, 15) is 9.59 Å². The van der Waals surface area contributed by atoms with Gasteiger partial charge in [0.2, 0.25) is 5.91 Å². The number of carbonyl (C=O) groups excluding carboxylic acids is 2. The third kappa shape index (κ3) is 4.79. The minimum Gasteiger partial charge on any atom is -0.350 e. The van der Waals surface area contributed by atoms with Crippen LogP contribution < -0.4 is 10.6 Å².